The van der Waals surface area contributed by atoms with Crippen LogP contribution in [0.5, 0.6) is 0 Å². The molecule has 6 heteroatoms. The average molecular weight is 505 g/mol. The maximum absolute atomic E-state index is 14.5. The van der Waals surface area contributed by atoms with Crippen molar-refractivity contribution >= 4 is 29.2 Å². The van der Waals surface area contributed by atoms with Crippen molar-refractivity contribution < 1.29 is 23.6 Å². The summed E-state index contributed by atoms with van der Waals surface area (Å²) in [7, 11) is -3.57. The van der Waals surface area contributed by atoms with Gasteiger partial charge in [0.2, 0.25) is 12.7 Å². The van der Waals surface area contributed by atoms with E-state index in [2.05, 4.69) is 6.58 Å². The minimum Gasteiger partial charge on any atom is -0.462 e. The molecule has 0 aliphatic carbocycles. The van der Waals surface area contributed by atoms with Crippen LogP contribution < -0.4 is 10.6 Å². The molecule has 0 bridgehead atoms. The molecular weight excluding hydrogens is 471 g/mol. The largest absolute Gasteiger partial charge is 0.462 e. The molecule has 0 saturated heterocycles. The normalized spacial score (nSPS) is 12.1. The second kappa shape index (κ2) is 12.6. The van der Waals surface area contributed by atoms with Gasteiger partial charge in [-0.2, -0.15) is 0 Å². The topological polar surface area (TPSA) is 69.7 Å². The molecule has 0 amide bonds. The number of benzene rings is 3. The summed E-state index contributed by atoms with van der Waals surface area (Å²) in [6.45, 7) is 10.4. The van der Waals surface area contributed by atoms with E-state index < -0.39 is 13.1 Å². The molecule has 188 valence electrons. The first kappa shape index (κ1) is 27.3. The van der Waals surface area contributed by atoms with Gasteiger partial charge >= 0.3 is 5.97 Å². The van der Waals surface area contributed by atoms with E-state index in [1.54, 1.807) is 24.3 Å². The van der Waals surface area contributed by atoms with E-state index in [1.165, 1.54) is 0 Å². The molecule has 3 aromatic carbocycles. The molecule has 5 nitrogen and oxygen atoms in total. The molecule has 0 aromatic heterocycles. The number of rotatable bonds is 12. The van der Waals surface area contributed by atoms with E-state index in [-0.39, 0.29) is 11.4 Å². The summed E-state index contributed by atoms with van der Waals surface area (Å²) in [6, 6.07) is 21.8. The number of carbonyl (C=O) groups excluding carboxylic acids is 2. The average Bonchev–Trinajstić information content (AvgIpc) is 2.89. The van der Waals surface area contributed by atoms with Crippen LogP contribution in [0.4, 0.5) is 0 Å². The van der Waals surface area contributed by atoms with Gasteiger partial charge in [0.15, 0.2) is 0 Å². The molecule has 36 heavy (non-hydrogen) atoms. The molecule has 0 N–H and O–H groups in total. The Hall–Kier alpha value is -3.27. The molecule has 1 atom stereocenters. The Morgan fingerprint density at radius 1 is 0.944 bits per heavy atom. The molecular formula is C30H33O5P. The van der Waals surface area contributed by atoms with Crippen LogP contribution in [0.3, 0.4) is 0 Å². The molecule has 0 radical (unpaired) electrons. The molecule has 3 aromatic rings. The van der Waals surface area contributed by atoms with Gasteiger partial charge < -0.3 is 14.0 Å². The summed E-state index contributed by atoms with van der Waals surface area (Å²) in [6.07, 6.45) is 1.90. The van der Waals surface area contributed by atoms with Crippen LogP contribution in [0.25, 0.3) is 0 Å². The number of carbonyl (C=O) groups is 2. The Kier molecular flexibility index (Phi) is 9.58. The lowest BCUT2D eigenvalue weighted by Gasteiger charge is -2.21. The van der Waals surface area contributed by atoms with Crippen molar-refractivity contribution in [3.05, 3.63) is 108 Å². The predicted molar refractivity (Wildman–Crippen MR) is 145 cm³/mol. The Morgan fingerprint density at radius 3 is 1.97 bits per heavy atom. The van der Waals surface area contributed by atoms with Gasteiger partial charge in [-0.1, -0.05) is 86.3 Å². The second-order valence-electron chi connectivity index (χ2n) is 8.97. The van der Waals surface area contributed by atoms with Gasteiger partial charge in [0, 0.05) is 28.9 Å². The highest BCUT2D eigenvalue weighted by Crippen LogP contribution is 2.48. The summed E-state index contributed by atoms with van der Waals surface area (Å²) in [4.78, 5) is 25.1. The lowest BCUT2D eigenvalue weighted by atomic mass is 10.0. The maximum atomic E-state index is 14.5. The Morgan fingerprint density at radius 2 is 1.47 bits per heavy atom. The number of aryl methyl sites for hydroxylation is 2. The van der Waals surface area contributed by atoms with Gasteiger partial charge in [-0.05, 0) is 42.9 Å². The Balaban J connectivity index is 1.76. The van der Waals surface area contributed by atoms with Crippen molar-refractivity contribution in [3.63, 3.8) is 0 Å². The molecule has 0 aliphatic heterocycles. The fourth-order valence-electron chi connectivity index (χ4n) is 4.13. The maximum Gasteiger partial charge on any atom is 0.330 e. The first-order valence-electron chi connectivity index (χ1n) is 12.0. The van der Waals surface area contributed by atoms with Crippen molar-refractivity contribution in [3.8, 4) is 0 Å². The van der Waals surface area contributed by atoms with E-state index in [0.717, 1.165) is 29.2 Å². The first-order chi connectivity index (χ1) is 17.3. The standard InChI is InChI=1S/C30H33O5P/c1-5-28(31)35-20-22(2)16-17-34-21-25-18-23(3)29(24(4)19-25)30(32)36(33,26-12-8-6-9-13-26)27-14-10-7-11-15-27/h5-15,18-19,22H,1,16-17,20-21H2,2-4H3. The minimum atomic E-state index is -3.57. The van der Waals surface area contributed by atoms with Crippen molar-refractivity contribution in [2.75, 3.05) is 13.2 Å². The second-order valence-corrected chi connectivity index (χ2v) is 11.6. The monoisotopic (exact) mass is 504 g/mol. The number of hydrogen-bond donors (Lipinski definition) is 0. The van der Waals surface area contributed by atoms with Gasteiger partial charge in [-0.25, -0.2) is 4.79 Å². The Bertz CT molecular complexity index is 1180. The van der Waals surface area contributed by atoms with Crippen LogP contribution >= 0.6 is 7.14 Å². The van der Waals surface area contributed by atoms with E-state index in [1.807, 2.05) is 69.3 Å². The fraction of sp³-hybridized carbons (Fsp3) is 0.267. The lowest BCUT2D eigenvalue weighted by molar-refractivity contribution is -0.139. The summed E-state index contributed by atoms with van der Waals surface area (Å²) in [5.41, 5.74) is 2.63. The van der Waals surface area contributed by atoms with Gasteiger partial charge in [0.1, 0.15) is 0 Å². The molecule has 3 rings (SSSR count). The van der Waals surface area contributed by atoms with Crippen LogP contribution in [-0.4, -0.2) is 24.7 Å². The summed E-state index contributed by atoms with van der Waals surface area (Å²) in [5, 5.41) is 1.06. The Labute approximate surface area is 213 Å². The predicted octanol–water partition coefficient (Wildman–Crippen LogP) is 5.73. The van der Waals surface area contributed by atoms with Gasteiger partial charge in [-0.15, -0.1) is 0 Å². The lowest BCUT2D eigenvalue weighted by Crippen LogP contribution is -2.23. The highest BCUT2D eigenvalue weighted by Gasteiger charge is 2.37. The van der Waals surface area contributed by atoms with Crippen molar-refractivity contribution in [2.24, 2.45) is 5.92 Å². The van der Waals surface area contributed by atoms with E-state index in [0.29, 0.717) is 36.0 Å². The van der Waals surface area contributed by atoms with Crippen molar-refractivity contribution in [1.82, 2.24) is 0 Å². The zero-order valence-electron chi connectivity index (χ0n) is 21.1. The number of esters is 1. The quantitative estimate of drug-likeness (QED) is 0.136. The van der Waals surface area contributed by atoms with Crippen LogP contribution in [-0.2, 0) is 25.4 Å². The third kappa shape index (κ3) is 6.48. The highest BCUT2D eigenvalue weighted by atomic mass is 31.2. The first-order valence-corrected chi connectivity index (χ1v) is 13.7. The van der Waals surface area contributed by atoms with Gasteiger partial charge in [0.05, 0.1) is 13.2 Å². The minimum absolute atomic E-state index is 0.169. The zero-order chi connectivity index (χ0) is 26.1. The van der Waals surface area contributed by atoms with Crippen LogP contribution in [0, 0.1) is 19.8 Å². The van der Waals surface area contributed by atoms with E-state index in [4.69, 9.17) is 9.47 Å². The molecule has 0 spiro atoms. The van der Waals surface area contributed by atoms with Crippen LogP contribution in [0.15, 0.2) is 85.5 Å². The molecule has 1 unspecified atom stereocenters. The van der Waals surface area contributed by atoms with Crippen LogP contribution in [0.2, 0.25) is 0 Å². The molecule has 0 fully saturated rings. The van der Waals surface area contributed by atoms with Gasteiger partial charge in [-0.3, -0.25) is 4.79 Å². The molecule has 0 saturated carbocycles. The number of hydrogen-bond acceptors (Lipinski definition) is 5. The molecule has 0 heterocycles. The number of ether oxygens (including phenoxy) is 2. The third-order valence-corrected chi connectivity index (χ3v) is 8.88. The van der Waals surface area contributed by atoms with E-state index >= 15 is 0 Å². The van der Waals surface area contributed by atoms with Crippen LogP contribution in [0.1, 0.15) is 40.4 Å². The zero-order valence-corrected chi connectivity index (χ0v) is 22.0. The summed E-state index contributed by atoms with van der Waals surface area (Å²) in [5.74, 6) is -0.255. The van der Waals surface area contributed by atoms with Crippen molar-refractivity contribution in [1.29, 1.82) is 0 Å². The third-order valence-electron chi connectivity index (χ3n) is 6.03. The van der Waals surface area contributed by atoms with E-state index in [9.17, 15) is 14.2 Å². The summed E-state index contributed by atoms with van der Waals surface area (Å²) < 4.78 is 25.4. The smallest absolute Gasteiger partial charge is 0.330 e. The SMILES string of the molecule is C=CC(=O)OCC(C)CCOCc1cc(C)c(C(=O)P(=O)(c2ccccc2)c2ccccc2)c(C)c1. The summed E-state index contributed by atoms with van der Waals surface area (Å²) >= 11 is 0. The fourth-order valence-corrected chi connectivity index (χ4v) is 6.75. The highest BCUT2D eigenvalue weighted by molar-refractivity contribution is 7.93. The van der Waals surface area contributed by atoms with Gasteiger partial charge in [0.25, 0.3) is 0 Å². The van der Waals surface area contributed by atoms with Crippen molar-refractivity contribution in [2.45, 2.75) is 33.8 Å². The molecule has 0 aliphatic rings.